The topological polar surface area (TPSA) is 75.3 Å². The van der Waals surface area contributed by atoms with Crippen molar-refractivity contribution in [3.05, 3.63) is 65.2 Å². The van der Waals surface area contributed by atoms with Crippen LogP contribution in [0.2, 0.25) is 5.02 Å². The molecule has 23 heavy (non-hydrogen) atoms. The summed E-state index contributed by atoms with van der Waals surface area (Å²) in [6.07, 6.45) is 0.00727. The first-order valence-electron chi connectivity index (χ1n) is 6.96. The van der Waals surface area contributed by atoms with Crippen molar-refractivity contribution in [2.24, 2.45) is 0 Å². The fraction of sp³-hybridized carbons (Fsp3) is 0.188. The van der Waals surface area contributed by atoms with Gasteiger partial charge in [0.25, 0.3) is 0 Å². The summed E-state index contributed by atoms with van der Waals surface area (Å²) in [5.74, 6) is -0.252. The molecule has 2 aromatic carbocycles. The summed E-state index contributed by atoms with van der Waals surface area (Å²) in [5, 5.41) is 2.96. The number of carbonyl (C=O) groups excluding carboxylic acids is 1. The van der Waals surface area contributed by atoms with Gasteiger partial charge in [-0.15, -0.1) is 0 Å². The van der Waals surface area contributed by atoms with Gasteiger partial charge < -0.3 is 5.32 Å². The van der Waals surface area contributed by atoms with E-state index >= 15 is 0 Å². The molecule has 5 nitrogen and oxygen atoms in total. The molecular weight excluding hydrogens is 336 g/mol. The van der Waals surface area contributed by atoms with Gasteiger partial charge in [-0.3, -0.25) is 4.79 Å². The summed E-state index contributed by atoms with van der Waals surface area (Å²) in [4.78, 5) is 11.8. The lowest BCUT2D eigenvalue weighted by Crippen LogP contribution is -2.32. The van der Waals surface area contributed by atoms with E-state index in [2.05, 4.69) is 10.0 Å². The molecule has 1 unspecified atom stereocenters. The zero-order valence-electron chi connectivity index (χ0n) is 12.5. The van der Waals surface area contributed by atoms with E-state index in [0.717, 1.165) is 0 Å². The van der Waals surface area contributed by atoms with Gasteiger partial charge in [-0.25, -0.2) is 13.1 Å². The molecule has 0 aliphatic rings. The van der Waals surface area contributed by atoms with Crippen LogP contribution < -0.4 is 10.0 Å². The number of nitrogens with one attached hydrogen (secondary N) is 2. The molecule has 7 heteroatoms. The Morgan fingerprint density at radius 1 is 1.09 bits per heavy atom. The molecule has 122 valence electrons. The predicted octanol–water partition coefficient (Wildman–Crippen LogP) is 2.50. The van der Waals surface area contributed by atoms with Crippen LogP contribution in [0.15, 0.2) is 59.5 Å². The van der Waals surface area contributed by atoms with Gasteiger partial charge in [0.15, 0.2) is 0 Å². The molecule has 0 radical (unpaired) electrons. The minimum Gasteiger partial charge on any atom is -0.359 e. The van der Waals surface area contributed by atoms with Gasteiger partial charge in [0, 0.05) is 18.5 Å². The summed E-state index contributed by atoms with van der Waals surface area (Å²) in [5.41, 5.74) is 0.716. The van der Waals surface area contributed by atoms with Gasteiger partial charge in [0.2, 0.25) is 15.9 Å². The highest BCUT2D eigenvalue weighted by Gasteiger charge is 2.23. The zero-order valence-corrected chi connectivity index (χ0v) is 14.1. The van der Waals surface area contributed by atoms with Gasteiger partial charge in [-0.2, -0.15) is 0 Å². The minimum atomic E-state index is -3.77. The van der Waals surface area contributed by atoms with E-state index in [9.17, 15) is 13.2 Å². The first kappa shape index (κ1) is 17.5. The van der Waals surface area contributed by atoms with E-state index in [4.69, 9.17) is 11.6 Å². The Morgan fingerprint density at radius 3 is 2.26 bits per heavy atom. The molecule has 1 amide bonds. The average molecular weight is 353 g/mol. The molecule has 0 heterocycles. The maximum atomic E-state index is 12.5. The summed E-state index contributed by atoms with van der Waals surface area (Å²) < 4.78 is 27.6. The van der Waals surface area contributed by atoms with Crippen LogP contribution in [-0.2, 0) is 14.8 Å². The fourth-order valence-corrected chi connectivity index (χ4v) is 3.42. The highest BCUT2D eigenvalue weighted by Crippen LogP contribution is 2.21. The van der Waals surface area contributed by atoms with Crippen molar-refractivity contribution in [2.75, 3.05) is 7.05 Å². The molecule has 1 atom stereocenters. The SMILES string of the molecule is CNC(=O)CC(NS(=O)(=O)c1ccc(Cl)cc1)c1ccccc1. The van der Waals surface area contributed by atoms with Crippen LogP contribution in [0.3, 0.4) is 0 Å². The number of amides is 1. The molecule has 0 spiro atoms. The smallest absolute Gasteiger partial charge is 0.241 e. The van der Waals surface area contributed by atoms with Crippen LogP contribution >= 0.6 is 11.6 Å². The second-order valence-electron chi connectivity index (χ2n) is 4.92. The van der Waals surface area contributed by atoms with Gasteiger partial charge >= 0.3 is 0 Å². The number of carbonyl (C=O) groups is 1. The predicted molar refractivity (Wildman–Crippen MR) is 89.6 cm³/mol. The lowest BCUT2D eigenvalue weighted by atomic mass is 10.0. The van der Waals surface area contributed by atoms with Crippen molar-refractivity contribution >= 4 is 27.5 Å². The second-order valence-corrected chi connectivity index (χ2v) is 7.07. The molecule has 0 bridgehead atoms. The van der Waals surface area contributed by atoms with Crippen LogP contribution in [-0.4, -0.2) is 21.4 Å². The third kappa shape index (κ3) is 4.79. The van der Waals surface area contributed by atoms with E-state index in [1.165, 1.54) is 31.3 Å². The van der Waals surface area contributed by atoms with E-state index in [1.807, 2.05) is 6.07 Å². The summed E-state index contributed by atoms with van der Waals surface area (Å²) in [7, 11) is -2.25. The molecule has 2 aromatic rings. The minimum absolute atomic E-state index is 0.00727. The van der Waals surface area contributed by atoms with E-state index in [0.29, 0.717) is 10.6 Å². The summed E-state index contributed by atoms with van der Waals surface area (Å²) in [6.45, 7) is 0. The van der Waals surface area contributed by atoms with E-state index in [1.54, 1.807) is 24.3 Å². The first-order chi connectivity index (χ1) is 10.9. The highest BCUT2D eigenvalue weighted by molar-refractivity contribution is 7.89. The normalized spacial score (nSPS) is 12.6. The quantitative estimate of drug-likeness (QED) is 0.838. The second kappa shape index (κ2) is 7.59. The molecule has 0 aliphatic carbocycles. The lowest BCUT2D eigenvalue weighted by molar-refractivity contribution is -0.121. The average Bonchev–Trinajstić information content (AvgIpc) is 2.55. The number of halogens is 1. The molecule has 0 aliphatic heterocycles. The molecule has 0 fully saturated rings. The van der Waals surface area contributed by atoms with Gasteiger partial charge in [-0.1, -0.05) is 41.9 Å². The zero-order chi connectivity index (χ0) is 16.9. The molecule has 0 saturated carbocycles. The molecule has 2 rings (SSSR count). The molecule has 0 aromatic heterocycles. The Morgan fingerprint density at radius 2 is 1.70 bits per heavy atom. The molecular formula is C16H17ClN2O3S. The Bertz CT molecular complexity index is 762. The number of rotatable bonds is 6. The maximum absolute atomic E-state index is 12.5. The van der Waals surface area contributed by atoms with Crippen LogP contribution in [0, 0.1) is 0 Å². The highest BCUT2D eigenvalue weighted by atomic mass is 35.5. The van der Waals surface area contributed by atoms with Crippen LogP contribution in [0.4, 0.5) is 0 Å². The number of sulfonamides is 1. The number of hydrogen-bond acceptors (Lipinski definition) is 3. The summed E-state index contributed by atoms with van der Waals surface area (Å²) in [6, 6.07) is 14.2. The van der Waals surface area contributed by atoms with Crippen molar-refractivity contribution < 1.29 is 13.2 Å². The van der Waals surface area contributed by atoms with Crippen molar-refractivity contribution in [1.82, 2.24) is 10.0 Å². The van der Waals surface area contributed by atoms with Crippen LogP contribution in [0.1, 0.15) is 18.0 Å². The molecule has 2 N–H and O–H groups in total. The van der Waals surface area contributed by atoms with Crippen molar-refractivity contribution in [1.29, 1.82) is 0 Å². The Kier molecular flexibility index (Phi) is 5.76. The largest absolute Gasteiger partial charge is 0.359 e. The standard InChI is InChI=1S/C16H17ClN2O3S/c1-18-16(20)11-15(12-5-3-2-4-6-12)19-23(21,22)14-9-7-13(17)8-10-14/h2-10,15,19H,11H2,1H3,(H,18,20). The number of hydrogen-bond donors (Lipinski definition) is 2. The Hall–Kier alpha value is -1.89. The summed E-state index contributed by atoms with van der Waals surface area (Å²) >= 11 is 5.78. The monoisotopic (exact) mass is 352 g/mol. The lowest BCUT2D eigenvalue weighted by Gasteiger charge is -2.18. The van der Waals surface area contributed by atoms with Gasteiger partial charge in [0.1, 0.15) is 0 Å². The van der Waals surface area contributed by atoms with Crippen LogP contribution in [0.5, 0.6) is 0 Å². The number of benzene rings is 2. The Balaban J connectivity index is 2.29. The maximum Gasteiger partial charge on any atom is 0.241 e. The van der Waals surface area contributed by atoms with Crippen molar-refractivity contribution in [2.45, 2.75) is 17.4 Å². The van der Waals surface area contributed by atoms with Crippen molar-refractivity contribution in [3.8, 4) is 0 Å². The van der Waals surface area contributed by atoms with E-state index < -0.39 is 16.1 Å². The van der Waals surface area contributed by atoms with E-state index in [-0.39, 0.29) is 17.2 Å². The first-order valence-corrected chi connectivity index (χ1v) is 8.82. The fourth-order valence-electron chi connectivity index (χ4n) is 2.07. The van der Waals surface area contributed by atoms with Gasteiger partial charge in [-0.05, 0) is 29.8 Å². The molecule has 0 saturated heterocycles. The van der Waals surface area contributed by atoms with Gasteiger partial charge in [0.05, 0.1) is 10.9 Å². The Labute approximate surface area is 140 Å². The third-order valence-corrected chi connectivity index (χ3v) is 5.03. The van der Waals surface area contributed by atoms with Crippen molar-refractivity contribution in [3.63, 3.8) is 0 Å². The third-order valence-electron chi connectivity index (χ3n) is 3.29. The van der Waals surface area contributed by atoms with Crippen LogP contribution in [0.25, 0.3) is 0 Å².